The highest BCUT2D eigenvalue weighted by Crippen LogP contribution is 2.32. The number of rotatable bonds is 4. The number of alkyl halides is 1. The van der Waals surface area contributed by atoms with E-state index < -0.39 is 0 Å². The van der Waals surface area contributed by atoms with Crippen molar-refractivity contribution in [2.45, 2.75) is 37.6 Å². The first-order valence-electron chi connectivity index (χ1n) is 6.24. The molecule has 0 aromatic heterocycles. The average Bonchev–Trinajstić information content (AvgIpc) is 2.38. The number of benzene rings is 1. The molecule has 2 heteroatoms. The van der Waals surface area contributed by atoms with Crippen LogP contribution in [0.4, 0.5) is 4.39 Å². The molecule has 1 saturated carbocycles. The van der Waals surface area contributed by atoms with Crippen molar-refractivity contribution in [1.82, 2.24) is 5.32 Å². The molecule has 0 saturated heterocycles. The van der Waals surface area contributed by atoms with Gasteiger partial charge in [-0.15, -0.1) is 0 Å². The maximum atomic E-state index is 12.0. The van der Waals surface area contributed by atoms with Gasteiger partial charge >= 0.3 is 0 Å². The highest BCUT2D eigenvalue weighted by Gasteiger charge is 2.21. The molecule has 1 nitrogen and oxygen atoms in total. The molecule has 0 bridgehead atoms. The zero-order chi connectivity index (χ0) is 11.2. The zero-order valence-corrected chi connectivity index (χ0v) is 9.66. The normalized spacial score (nSPS) is 25.6. The third-order valence-electron chi connectivity index (χ3n) is 3.53. The molecular weight excluding hydrogens is 201 g/mol. The Kier molecular flexibility index (Phi) is 4.34. The summed E-state index contributed by atoms with van der Waals surface area (Å²) in [5.41, 5.74) is 1.46. The Morgan fingerprint density at radius 3 is 2.38 bits per heavy atom. The summed E-state index contributed by atoms with van der Waals surface area (Å²) in [4.78, 5) is 0. The maximum absolute atomic E-state index is 12.0. The van der Waals surface area contributed by atoms with E-state index in [-0.39, 0.29) is 6.67 Å². The van der Waals surface area contributed by atoms with Crippen LogP contribution in [0.15, 0.2) is 30.3 Å². The van der Waals surface area contributed by atoms with E-state index in [4.69, 9.17) is 0 Å². The molecule has 88 valence electrons. The lowest BCUT2D eigenvalue weighted by molar-refractivity contribution is 0.330. The lowest BCUT2D eigenvalue weighted by atomic mass is 9.82. The molecule has 0 atom stereocenters. The van der Waals surface area contributed by atoms with Crippen LogP contribution in [0, 0.1) is 0 Å². The third-order valence-corrected chi connectivity index (χ3v) is 3.53. The lowest BCUT2D eigenvalue weighted by Crippen LogP contribution is -2.34. The lowest BCUT2D eigenvalue weighted by Gasteiger charge is -2.29. The summed E-state index contributed by atoms with van der Waals surface area (Å²) in [6.45, 7) is 0.263. The standard InChI is InChI=1S/C14H20FN/c15-10-11-16-14-8-6-13(7-9-14)12-4-2-1-3-5-12/h1-5,13-14,16H,6-11H2. The molecule has 2 rings (SSSR count). The van der Waals surface area contributed by atoms with Gasteiger partial charge < -0.3 is 5.32 Å². The van der Waals surface area contributed by atoms with Crippen LogP contribution in [0.3, 0.4) is 0 Å². The third kappa shape index (κ3) is 3.05. The molecule has 1 aliphatic carbocycles. The van der Waals surface area contributed by atoms with Crippen LogP contribution in [0.2, 0.25) is 0 Å². The van der Waals surface area contributed by atoms with Gasteiger partial charge in [-0.3, -0.25) is 0 Å². The molecule has 16 heavy (non-hydrogen) atoms. The van der Waals surface area contributed by atoms with E-state index in [2.05, 4.69) is 35.6 Å². The molecule has 1 fully saturated rings. The van der Waals surface area contributed by atoms with E-state index in [0.717, 1.165) is 0 Å². The van der Waals surface area contributed by atoms with Crippen LogP contribution >= 0.6 is 0 Å². The molecule has 1 aromatic carbocycles. The van der Waals surface area contributed by atoms with Crippen LogP contribution in [0.1, 0.15) is 37.2 Å². The van der Waals surface area contributed by atoms with Gasteiger partial charge in [0.15, 0.2) is 0 Å². The Hall–Kier alpha value is -0.890. The van der Waals surface area contributed by atoms with Crippen LogP contribution in [0.25, 0.3) is 0 Å². The predicted octanol–water partition coefficient (Wildman–Crippen LogP) is 3.27. The van der Waals surface area contributed by atoms with Crippen molar-refractivity contribution in [3.8, 4) is 0 Å². The van der Waals surface area contributed by atoms with Crippen LogP contribution in [-0.2, 0) is 0 Å². The second kappa shape index (κ2) is 6.00. The summed E-state index contributed by atoms with van der Waals surface area (Å²) in [7, 11) is 0. The Morgan fingerprint density at radius 1 is 1.06 bits per heavy atom. The first kappa shape index (κ1) is 11.6. The van der Waals surface area contributed by atoms with Crippen molar-refractivity contribution < 1.29 is 4.39 Å². The molecule has 0 radical (unpaired) electrons. The molecule has 1 N–H and O–H groups in total. The average molecular weight is 221 g/mol. The van der Waals surface area contributed by atoms with Crippen molar-refractivity contribution in [1.29, 1.82) is 0 Å². The first-order chi connectivity index (χ1) is 7.90. The molecule has 0 spiro atoms. The van der Waals surface area contributed by atoms with Crippen molar-refractivity contribution >= 4 is 0 Å². The van der Waals surface area contributed by atoms with Gasteiger partial charge in [0.2, 0.25) is 0 Å². The molecular formula is C14H20FN. The Morgan fingerprint density at radius 2 is 1.75 bits per heavy atom. The summed E-state index contributed by atoms with van der Waals surface area (Å²) in [6.07, 6.45) is 4.82. The van der Waals surface area contributed by atoms with Gasteiger partial charge in [-0.2, -0.15) is 0 Å². The number of halogens is 1. The monoisotopic (exact) mass is 221 g/mol. The Balaban J connectivity index is 1.81. The second-order valence-electron chi connectivity index (χ2n) is 4.60. The molecule has 1 aliphatic rings. The number of nitrogens with one attached hydrogen (secondary N) is 1. The first-order valence-corrected chi connectivity index (χ1v) is 6.24. The largest absolute Gasteiger partial charge is 0.311 e. The summed E-state index contributed by atoms with van der Waals surface area (Å²) in [5, 5.41) is 3.27. The Labute approximate surface area is 97.1 Å². The molecule has 0 heterocycles. The van der Waals surface area contributed by atoms with Gasteiger partial charge in [-0.05, 0) is 37.2 Å². The topological polar surface area (TPSA) is 12.0 Å². The molecule has 0 aliphatic heterocycles. The van der Waals surface area contributed by atoms with Crippen LogP contribution < -0.4 is 5.32 Å². The minimum absolute atomic E-state index is 0.251. The number of hydrogen-bond donors (Lipinski definition) is 1. The fourth-order valence-corrected chi connectivity index (χ4v) is 2.61. The highest BCUT2D eigenvalue weighted by atomic mass is 19.1. The summed E-state index contributed by atoms with van der Waals surface area (Å²) in [6, 6.07) is 11.3. The van der Waals surface area contributed by atoms with Gasteiger partial charge in [-0.25, -0.2) is 4.39 Å². The van der Waals surface area contributed by atoms with Gasteiger partial charge in [-0.1, -0.05) is 30.3 Å². The van der Waals surface area contributed by atoms with Crippen molar-refractivity contribution in [2.24, 2.45) is 0 Å². The van der Waals surface area contributed by atoms with Gasteiger partial charge in [0.1, 0.15) is 6.67 Å². The van der Waals surface area contributed by atoms with Gasteiger partial charge in [0.25, 0.3) is 0 Å². The van der Waals surface area contributed by atoms with Crippen molar-refractivity contribution in [3.05, 3.63) is 35.9 Å². The predicted molar refractivity (Wildman–Crippen MR) is 65.4 cm³/mol. The van der Waals surface area contributed by atoms with E-state index in [1.54, 1.807) is 0 Å². The summed E-state index contributed by atoms with van der Waals surface area (Å²) < 4.78 is 12.0. The van der Waals surface area contributed by atoms with Crippen LogP contribution in [-0.4, -0.2) is 19.3 Å². The Bertz CT molecular complexity index is 291. The SMILES string of the molecule is FCCNC1CCC(c2ccccc2)CC1. The fourth-order valence-electron chi connectivity index (χ4n) is 2.61. The smallest absolute Gasteiger partial charge is 0.102 e. The van der Waals surface area contributed by atoms with Crippen molar-refractivity contribution in [2.75, 3.05) is 13.2 Å². The minimum Gasteiger partial charge on any atom is -0.311 e. The van der Waals surface area contributed by atoms with E-state index in [0.29, 0.717) is 18.5 Å². The van der Waals surface area contributed by atoms with E-state index in [1.807, 2.05) is 0 Å². The molecule has 0 amide bonds. The minimum atomic E-state index is -0.251. The van der Waals surface area contributed by atoms with Gasteiger partial charge in [0.05, 0.1) is 0 Å². The summed E-state index contributed by atoms with van der Waals surface area (Å²) >= 11 is 0. The maximum Gasteiger partial charge on any atom is 0.102 e. The second-order valence-corrected chi connectivity index (χ2v) is 4.60. The summed E-state index contributed by atoms with van der Waals surface area (Å²) in [5.74, 6) is 0.713. The van der Waals surface area contributed by atoms with Gasteiger partial charge in [0, 0.05) is 12.6 Å². The quantitative estimate of drug-likeness (QED) is 0.822. The number of hydrogen-bond acceptors (Lipinski definition) is 1. The molecule has 0 unspecified atom stereocenters. The van der Waals surface area contributed by atoms with Crippen LogP contribution in [0.5, 0.6) is 0 Å². The molecule has 1 aromatic rings. The van der Waals surface area contributed by atoms with E-state index >= 15 is 0 Å². The fraction of sp³-hybridized carbons (Fsp3) is 0.571. The van der Waals surface area contributed by atoms with Crippen molar-refractivity contribution in [3.63, 3.8) is 0 Å². The zero-order valence-electron chi connectivity index (χ0n) is 9.66. The van der Waals surface area contributed by atoms with E-state index in [9.17, 15) is 4.39 Å². The van der Waals surface area contributed by atoms with E-state index in [1.165, 1.54) is 31.2 Å². The highest BCUT2D eigenvalue weighted by molar-refractivity contribution is 5.20.